The van der Waals surface area contributed by atoms with Crippen molar-refractivity contribution in [2.24, 2.45) is 0 Å². The molecule has 0 bridgehead atoms. The predicted molar refractivity (Wildman–Crippen MR) is 50.0 cm³/mol. The highest BCUT2D eigenvalue weighted by atomic mass is 35.5. The van der Waals surface area contributed by atoms with Gasteiger partial charge in [-0.05, 0) is 6.07 Å². The van der Waals surface area contributed by atoms with E-state index in [0.717, 1.165) is 0 Å². The zero-order valence-electron chi connectivity index (χ0n) is 6.42. The Balaban J connectivity index is 3.12. The molecule has 0 fully saturated rings. The van der Waals surface area contributed by atoms with Gasteiger partial charge in [-0.15, -0.1) is 0 Å². The Kier molecular flexibility index (Phi) is 2.95. The maximum absolute atomic E-state index is 10.4. The molecule has 13 heavy (non-hydrogen) atoms. The second-order valence-corrected chi connectivity index (χ2v) is 3.13. The maximum Gasteiger partial charge on any atom is 0.309 e. The summed E-state index contributed by atoms with van der Waals surface area (Å²) in [5.74, 6) is -1.03. The Labute approximate surface area is 84.3 Å². The van der Waals surface area contributed by atoms with Gasteiger partial charge in [0, 0.05) is 0 Å². The van der Waals surface area contributed by atoms with Crippen molar-refractivity contribution in [2.45, 2.75) is 6.42 Å². The molecule has 0 aliphatic heterocycles. The second kappa shape index (κ2) is 3.81. The molecule has 70 valence electrons. The lowest BCUT2D eigenvalue weighted by Crippen LogP contribution is -2.04. The number of hydrogen-bond acceptors (Lipinski definition) is 3. The first-order chi connectivity index (χ1) is 6.00. The Morgan fingerprint density at radius 1 is 1.62 bits per heavy atom. The van der Waals surface area contributed by atoms with Gasteiger partial charge in [-0.3, -0.25) is 4.79 Å². The van der Waals surface area contributed by atoms with Gasteiger partial charge in [0.15, 0.2) is 0 Å². The van der Waals surface area contributed by atoms with Crippen molar-refractivity contribution in [3.05, 3.63) is 21.9 Å². The largest absolute Gasteiger partial charge is 0.481 e. The average Bonchev–Trinajstić information content (AvgIpc) is 1.98. The van der Waals surface area contributed by atoms with Crippen LogP contribution in [0.5, 0.6) is 0 Å². The van der Waals surface area contributed by atoms with Crippen molar-refractivity contribution in [3.8, 4) is 0 Å². The third-order valence-electron chi connectivity index (χ3n) is 1.34. The average molecular weight is 221 g/mol. The number of aliphatic carboxylic acids is 1. The minimum atomic E-state index is -1.03. The van der Waals surface area contributed by atoms with Crippen LogP contribution in [-0.4, -0.2) is 16.1 Å². The van der Waals surface area contributed by atoms with Gasteiger partial charge >= 0.3 is 5.97 Å². The number of rotatable bonds is 2. The van der Waals surface area contributed by atoms with E-state index in [1.165, 1.54) is 6.07 Å². The summed E-state index contributed by atoms with van der Waals surface area (Å²) < 4.78 is 0. The maximum atomic E-state index is 10.4. The van der Waals surface area contributed by atoms with Crippen molar-refractivity contribution in [1.82, 2.24) is 4.98 Å². The summed E-state index contributed by atoms with van der Waals surface area (Å²) >= 11 is 11.3. The third kappa shape index (κ3) is 2.47. The molecule has 6 heteroatoms. The Morgan fingerprint density at radius 3 is 2.77 bits per heavy atom. The molecule has 0 saturated carbocycles. The van der Waals surface area contributed by atoms with E-state index in [1.807, 2.05) is 0 Å². The quantitative estimate of drug-likeness (QED) is 0.743. The van der Waals surface area contributed by atoms with Gasteiger partial charge in [0.05, 0.1) is 22.8 Å². The molecule has 0 radical (unpaired) electrons. The zero-order chi connectivity index (χ0) is 10.0. The van der Waals surface area contributed by atoms with Gasteiger partial charge in [0.2, 0.25) is 0 Å². The molecule has 1 rings (SSSR count). The van der Waals surface area contributed by atoms with Crippen LogP contribution in [0, 0.1) is 0 Å². The summed E-state index contributed by atoms with van der Waals surface area (Å²) in [6.07, 6.45) is -0.288. The minimum absolute atomic E-state index is 0.137. The predicted octanol–water partition coefficient (Wildman–Crippen LogP) is 1.60. The lowest BCUT2D eigenvalue weighted by atomic mass is 10.2. The molecule has 3 N–H and O–H groups in total. The monoisotopic (exact) mass is 220 g/mol. The summed E-state index contributed by atoms with van der Waals surface area (Å²) in [6.45, 7) is 0. The van der Waals surface area contributed by atoms with Crippen molar-refractivity contribution in [2.75, 3.05) is 5.73 Å². The van der Waals surface area contributed by atoms with Crippen LogP contribution in [0.1, 0.15) is 5.69 Å². The van der Waals surface area contributed by atoms with E-state index < -0.39 is 5.97 Å². The van der Waals surface area contributed by atoms with Crippen LogP contribution in [0.15, 0.2) is 6.07 Å². The summed E-state index contributed by atoms with van der Waals surface area (Å²) in [5.41, 5.74) is 5.86. The van der Waals surface area contributed by atoms with Crippen LogP contribution in [-0.2, 0) is 11.2 Å². The number of carboxylic acids is 1. The second-order valence-electron chi connectivity index (χ2n) is 2.37. The molecule has 1 aromatic rings. The highest BCUT2D eigenvalue weighted by molar-refractivity contribution is 6.35. The Bertz CT molecular complexity index is 355. The van der Waals surface area contributed by atoms with Crippen molar-refractivity contribution in [3.63, 3.8) is 0 Å². The van der Waals surface area contributed by atoms with Crippen LogP contribution in [0.2, 0.25) is 10.2 Å². The number of nitrogens with two attached hydrogens (primary N) is 1. The van der Waals surface area contributed by atoms with E-state index in [-0.39, 0.29) is 28.0 Å². The number of anilines is 1. The first kappa shape index (κ1) is 10.1. The number of halogens is 2. The molecule has 0 aliphatic rings. The van der Waals surface area contributed by atoms with Crippen LogP contribution in [0.4, 0.5) is 5.69 Å². The fraction of sp³-hybridized carbons (Fsp3) is 0.143. The summed E-state index contributed by atoms with van der Waals surface area (Å²) in [5, 5.41) is 8.77. The molecule has 0 saturated heterocycles. The Morgan fingerprint density at radius 2 is 2.23 bits per heavy atom. The molecule has 1 heterocycles. The van der Waals surface area contributed by atoms with Crippen LogP contribution in [0.25, 0.3) is 0 Å². The SMILES string of the molecule is Nc1cc(Cl)nc(CC(=O)O)c1Cl. The number of pyridine rings is 1. The number of hydrogen-bond donors (Lipinski definition) is 2. The first-order valence-corrected chi connectivity index (χ1v) is 4.08. The number of nitrogen functional groups attached to an aromatic ring is 1. The molecule has 0 atom stereocenters. The molecular weight excluding hydrogens is 215 g/mol. The molecule has 0 aromatic carbocycles. The normalized spacial score (nSPS) is 10.0. The van der Waals surface area contributed by atoms with E-state index >= 15 is 0 Å². The fourth-order valence-corrected chi connectivity index (χ4v) is 1.21. The van der Waals surface area contributed by atoms with Gasteiger partial charge < -0.3 is 10.8 Å². The highest BCUT2D eigenvalue weighted by Gasteiger charge is 2.10. The van der Waals surface area contributed by atoms with Crippen molar-refractivity contribution < 1.29 is 9.90 Å². The highest BCUT2D eigenvalue weighted by Crippen LogP contribution is 2.25. The number of carbonyl (C=O) groups is 1. The van der Waals surface area contributed by atoms with Gasteiger partial charge in [0.1, 0.15) is 5.15 Å². The van der Waals surface area contributed by atoms with E-state index in [2.05, 4.69) is 4.98 Å². The molecule has 0 spiro atoms. The molecule has 1 aromatic heterocycles. The van der Waals surface area contributed by atoms with Gasteiger partial charge in [-0.2, -0.15) is 0 Å². The smallest absolute Gasteiger partial charge is 0.309 e. The van der Waals surface area contributed by atoms with Gasteiger partial charge in [-0.1, -0.05) is 23.2 Å². The molecule has 0 aliphatic carbocycles. The minimum Gasteiger partial charge on any atom is -0.481 e. The van der Waals surface area contributed by atoms with Crippen molar-refractivity contribution >= 4 is 34.9 Å². The molecular formula is C7H6Cl2N2O2. The van der Waals surface area contributed by atoms with Gasteiger partial charge in [0.25, 0.3) is 0 Å². The van der Waals surface area contributed by atoms with E-state index in [9.17, 15) is 4.79 Å². The zero-order valence-corrected chi connectivity index (χ0v) is 7.93. The Hall–Kier alpha value is -1.00. The standard InChI is InChI=1S/C7H6Cl2N2O2/c8-5-1-3(10)7(9)4(11-5)2-6(12)13/h1H,2H2,(H2,10,11)(H,12,13). The van der Waals surface area contributed by atoms with Crippen LogP contribution < -0.4 is 5.73 Å². The van der Waals surface area contributed by atoms with E-state index in [0.29, 0.717) is 0 Å². The summed E-state index contributed by atoms with van der Waals surface area (Å²) in [4.78, 5) is 14.1. The van der Waals surface area contributed by atoms with E-state index in [1.54, 1.807) is 0 Å². The number of aromatic nitrogens is 1. The summed E-state index contributed by atoms with van der Waals surface area (Å²) in [7, 11) is 0. The van der Waals surface area contributed by atoms with Crippen LogP contribution >= 0.6 is 23.2 Å². The molecule has 0 unspecified atom stereocenters. The summed E-state index contributed by atoms with van der Waals surface area (Å²) in [6, 6.07) is 1.37. The topological polar surface area (TPSA) is 76.2 Å². The molecule has 0 amide bonds. The van der Waals surface area contributed by atoms with Crippen LogP contribution in [0.3, 0.4) is 0 Å². The number of carboxylic acid groups (broad SMARTS) is 1. The third-order valence-corrected chi connectivity index (χ3v) is 1.97. The van der Waals surface area contributed by atoms with Gasteiger partial charge in [-0.25, -0.2) is 4.98 Å². The lowest BCUT2D eigenvalue weighted by molar-refractivity contribution is -0.136. The first-order valence-electron chi connectivity index (χ1n) is 3.33. The molecule has 4 nitrogen and oxygen atoms in total. The number of nitrogens with zero attached hydrogens (tertiary/aromatic N) is 1. The lowest BCUT2D eigenvalue weighted by Gasteiger charge is -2.03. The fourth-order valence-electron chi connectivity index (χ4n) is 0.829. The van der Waals surface area contributed by atoms with Crippen molar-refractivity contribution in [1.29, 1.82) is 0 Å². The van der Waals surface area contributed by atoms with E-state index in [4.69, 9.17) is 34.0 Å².